The number of benzene rings is 1. The maximum atomic E-state index is 12.1. The summed E-state index contributed by atoms with van der Waals surface area (Å²) in [5.41, 5.74) is 1.32. The van der Waals surface area contributed by atoms with Crippen molar-refractivity contribution in [3.05, 3.63) is 52.4 Å². The van der Waals surface area contributed by atoms with Crippen LogP contribution < -0.4 is 20.9 Å². The summed E-state index contributed by atoms with van der Waals surface area (Å²) >= 11 is 0. The van der Waals surface area contributed by atoms with Gasteiger partial charge in [0.05, 0.1) is 6.61 Å². The molecule has 0 radical (unpaired) electrons. The molecule has 116 valence electrons. The van der Waals surface area contributed by atoms with Crippen LogP contribution in [-0.4, -0.2) is 17.2 Å². The fourth-order valence-electron chi connectivity index (χ4n) is 1.98. The number of carbonyl (C=O) groups excluding carboxylic acids is 1. The van der Waals surface area contributed by atoms with Crippen molar-refractivity contribution < 1.29 is 9.53 Å². The largest absolute Gasteiger partial charge is 0.494 e. The van der Waals surface area contributed by atoms with E-state index in [-0.39, 0.29) is 11.2 Å². The topological polar surface area (TPSA) is 72.4 Å². The highest BCUT2D eigenvalue weighted by atomic mass is 16.5. The lowest BCUT2D eigenvalue weighted by atomic mass is 10.2. The molecule has 0 saturated heterocycles. The van der Waals surface area contributed by atoms with Gasteiger partial charge in [-0.3, -0.25) is 4.79 Å². The molecule has 2 amide bonds. The number of aromatic nitrogens is 1. The highest BCUT2D eigenvalue weighted by Crippen LogP contribution is 2.17. The molecule has 0 aliphatic carbocycles. The molecule has 2 N–H and O–H groups in total. The van der Waals surface area contributed by atoms with Gasteiger partial charge in [-0.1, -0.05) is 6.07 Å². The van der Waals surface area contributed by atoms with Crippen molar-refractivity contribution in [2.24, 2.45) is 7.05 Å². The summed E-state index contributed by atoms with van der Waals surface area (Å²) in [5, 5.41) is 5.28. The van der Waals surface area contributed by atoms with Crippen LogP contribution in [0.15, 0.2) is 41.3 Å². The molecule has 0 spiro atoms. The Morgan fingerprint density at radius 2 is 2.05 bits per heavy atom. The molecule has 1 aromatic carbocycles. The van der Waals surface area contributed by atoms with Gasteiger partial charge in [0.2, 0.25) is 0 Å². The summed E-state index contributed by atoms with van der Waals surface area (Å²) in [6.45, 7) is 4.21. The third-order valence-electron chi connectivity index (χ3n) is 3.12. The van der Waals surface area contributed by atoms with E-state index in [0.717, 1.165) is 0 Å². The van der Waals surface area contributed by atoms with Gasteiger partial charge in [0.15, 0.2) is 0 Å². The molecule has 0 bridgehead atoms. The van der Waals surface area contributed by atoms with Crippen LogP contribution in [0.4, 0.5) is 16.2 Å². The van der Waals surface area contributed by atoms with Crippen LogP contribution in [0.2, 0.25) is 0 Å². The van der Waals surface area contributed by atoms with Gasteiger partial charge in [-0.05, 0) is 37.6 Å². The Labute approximate surface area is 128 Å². The number of nitrogens with zero attached hydrogens (tertiary/aromatic N) is 1. The number of nitrogens with one attached hydrogen (secondary N) is 2. The van der Waals surface area contributed by atoms with Crippen LogP contribution in [0, 0.1) is 6.92 Å². The molecule has 6 nitrogen and oxygen atoms in total. The third-order valence-corrected chi connectivity index (χ3v) is 3.12. The number of rotatable bonds is 4. The van der Waals surface area contributed by atoms with Crippen molar-refractivity contribution in [2.45, 2.75) is 13.8 Å². The number of anilines is 2. The predicted octanol–water partition coefficient (Wildman–Crippen LogP) is 2.74. The van der Waals surface area contributed by atoms with E-state index in [1.807, 2.05) is 13.0 Å². The lowest BCUT2D eigenvalue weighted by molar-refractivity contribution is 0.262. The number of amides is 2. The van der Waals surface area contributed by atoms with Crippen molar-refractivity contribution in [2.75, 3.05) is 17.2 Å². The van der Waals surface area contributed by atoms with Crippen molar-refractivity contribution in [1.82, 2.24) is 4.57 Å². The van der Waals surface area contributed by atoms with Gasteiger partial charge in [0.25, 0.3) is 5.56 Å². The third kappa shape index (κ3) is 3.66. The zero-order valence-electron chi connectivity index (χ0n) is 12.8. The zero-order chi connectivity index (χ0) is 16.1. The van der Waals surface area contributed by atoms with Gasteiger partial charge in [-0.15, -0.1) is 0 Å². The molecule has 0 unspecified atom stereocenters. The van der Waals surface area contributed by atoms with E-state index in [4.69, 9.17) is 4.74 Å². The lowest BCUT2D eigenvalue weighted by Crippen LogP contribution is -2.27. The molecule has 0 saturated carbocycles. The molecule has 22 heavy (non-hydrogen) atoms. The molecular formula is C16H19N3O3. The van der Waals surface area contributed by atoms with Crippen molar-refractivity contribution in [3.63, 3.8) is 0 Å². The van der Waals surface area contributed by atoms with Crippen molar-refractivity contribution >= 4 is 17.4 Å². The maximum absolute atomic E-state index is 12.1. The number of ether oxygens (including phenoxy) is 1. The number of carbonyl (C=O) groups is 1. The lowest BCUT2D eigenvalue weighted by Gasteiger charge is -2.11. The molecule has 0 aliphatic rings. The molecule has 2 aromatic rings. The quantitative estimate of drug-likeness (QED) is 0.912. The predicted molar refractivity (Wildman–Crippen MR) is 86.7 cm³/mol. The smallest absolute Gasteiger partial charge is 0.323 e. The number of hydrogen-bond donors (Lipinski definition) is 2. The Morgan fingerprint density at radius 3 is 2.77 bits per heavy atom. The minimum absolute atomic E-state index is 0.252. The number of hydrogen-bond acceptors (Lipinski definition) is 3. The summed E-state index contributed by atoms with van der Waals surface area (Å²) < 4.78 is 6.79. The van der Waals surface area contributed by atoms with Gasteiger partial charge in [0, 0.05) is 25.0 Å². The summed E-state index contributed by atoms with van der Waals surface area (Å²) in [7, 11) is 1.64. The van der Waals surface area contributed by atoms with Crippen LogP contribution >= 0.6 is 0 Å². The maximum Gasteiger partial charge on any atom is 0.323 e. The van der Waals surface area contributed by atoms with Gasteiger partial charge in [-0.2, -0.15) is 0 Å². The van der Waals surface area contributed by atoms with Gasteiger partial charge >= 0.3 is 6.03 Å². The normalized spacial score (nSPS) is 10.1. The molecule has 6 heteroatoms. The SMILES string of the molecule is CCOc1cccc(NC(=O)Nc2c(C)ccn(C)c2=O)c1. The summed E-state index contributed by atoms with van der Waals surface area (Å²) in [4.78, 5) is 24.1. The van der Waals surface area contributed by atoms with E-state index in [9.17, 15) is 9.59 Å². The fraction of sp³-hybridized carbons (Fsp3) is 0.250. The summed E-state index contributed by atoms with van der Waals surface area (Å²) in [6, 6.07) is 8.36. The first-order chi connectivity index (χ1) is 10.5. The van der Waals surface area contributed by atoms with Crippen LogP contribution in [0.5, 0.6) is 5.75 Å². The molecule has 0 atom stereocenters. The van der Waals surface area contributed by atoms with Crippen molar-refractivity contribution in [3.8, 4) is 5.75 Å². The Hall–Kier alpha value is -2.76. The molecule has 0 fully saturated rings. The summed E-state index contributed by atoms with van der Waals surface area (Å²) in [6.07, 6.45) is 1.66. The van der Waals surface area contributed by atoms with Crippen LogP contribution in [-0.2, 0) is 7.05 Å². The number of pyridine rings is 1. The first kappa shape index (κ1) is 15.6. The van der Waals surface area contributed by atoms with Gasteiger partial charge in [0.1, 0.15) is 11.4 Å². The molecule has 1 heterocycles. The van der Waals surface area contributed by atoms with Crippen LogP contribution in [0.1, 0.15) is 12.5 Å². The van der Waals surface area contributed by atoms with E-state index in [0.29, 0.717) is 23.6 Å². The molecule has 2 rings (SSSR count). The highest BCUT2D eigenvalue weighted by Gasteiger charge is 2.10. The van der Waals surface area contributed by atoms with Crippen LogP contribution in [0.3, 0.4) is 0 Å². The van der Waals surface area contributed by atoms with E-state index in [1.54, 1.807) is 44.4 Å². The average Bonchev–Trinajstić information content (AvgIpc) is 2.48. The van der Waals surface area contributed by atoms with E-state index in [1.165, 1.54) is 4.57 Å². The standard InChI is InChI=1S/C16H19N3O3/c1-4-22-13-7-5-6-12(10-13)17-16(21)18-14-11(2)8-9-19(3)15(14)20/h5-10H,4H2,1-3H3,(H2,17,18,21). The van der Waals surface area contributed by atoms with Crippen molar-refractivity contribution in [1.29, 1.82) is 0 Å². The molecule has 1 aromatic heterocycles. The second kappa shape index (κ2) is 6.80. The zero-order valence-corrected chi connectivity index (χ0v) is 12.8. The Morgan fingerprint density at radius 1 is 1.27 bits per heavy atom. The minimum Gasteiger partial charge on any atom is -0.494 e. The highest BCUT2D eigenvalue weighted by molar-refractivity contribution is 6.00. The Balaban J connectivity index is 2.12. The second-order valence-corrected chi connectivity index (χ2v) is 4.83. The summed E-state index contributed by atoms with van der Waals surface area (Å²) in [5.74, 6) is 0.673. The average molecular weight is 301 g/mol. The minimum atomic E-state index is -0.472. The molecule has 0 aliphatic heterocycles. The van der Waals surface area contributed by atoms with E-state index < -0.39 is 6.03 Å². The number of aryl methyl sites for hydroxylation is 2. The first-order valence-electron chi connectivity index (χ1n) is 6.98. The van der Waals surface area contributed by atoms with Crippen LogP contribution in [0.25, 0.3) is 0 Å². The fourth-order valence-corrected chi connectivity index (χ4v) is 1.98. The van der Waals surface area contributed by atoms with E-state index >= 15 is 0 Å². The first-order valence-corrected chi connectivity index (χ1v) is 6.98. The second-order valence-electron chi connectivity index (χ2n) is 4.83. The Kier molecular flexibility index (Phi) is 4.83. The monoisotopic (exact) mass is 301 g/mol. The van der Waals surface area contributed by atoms with E-state index in [2.05, 4.69) is 10.6 Å². The Bertz CT molecular complexity index is 738. The van der Waals surface area contributed by atoms with Gasteiger partial charge in [-0.25, -0.2) is 4.79 Å². The number of urea groups is 1. The molecular weight excluding hydrogens is 282 g/mol. The van der Waals surface area contributed by atoms with Gasteiger partial charge < -0.3 is 19.9 Å².